The topological polar surface area (TPSA) is 131 Å². The SMILES string of the molecule is NC(=O)CC[C@@H](NC(=O)C1CNCCO1)C(=O)O. The van der Waals surface area contributed by atoms with Crippen LogP contribution in [0.15, 0.2) is 0 Å². The van der Waals surface area contributed by atoms with Crippen LogP contribution in [0.5, 0.6) is 0 Å². The Balaban J connectivity index is 2.46. The van der Waals surface area contributed by atoms with Gasteiger partial charge in [-0.2, -0.15) is 0 Å². The van der Waals surface area contributed by atoms with Crippen LogP contribution in [0, 0.1) is 0 Å². The average Bonchev–Trinajstić information content (AvgIpc) is 2.34. The number of carboxylic acid groups (broad SMARTS) is 1. The molecule has 0 aromatic heterocycles. The molecule has 18 heavy (non-hydrogen) atoms. The van der Waals surface area contributed by atoms with Gasteiger partial charge in [-0.05, 0) is 6.42 Å². The van der Waals surface area contributed by atoms with Crippen LogP contribution in [-0.2, 0) is 19.1 Å². The van der Waals surface area contributed by atoms with Crippen molar-refractivity contribution in [2.45, 2.75) is 25.0 Å². The van der Waals surface area contributed by atoms with E-state index in [-0.39, 0.29) is 12.8 Å². The molecule has 8 nitrogen and oxygen atoms in total. The number of hydrogen-bond acceptors (Lipinski definition) is 5. The van der Waals surface area contributed by atoms with Gasteiger partial charge < -0.3 is 26.2 Å². The second kappa shape index (κ2) is 6.92. The molecular weight excluding hydrogens is 242 g/mol. The first-order valence-corrected chi connectivity index (χ1v) is 5.64. The molecule has 0 radical (unpaired) electrons. The zero-order valence-electron chi connectivity index (χ0n) is 9.85. The van der Waals surface area contributed by atoms with Crippen LogP contribution < -0.4 is 16.4 Å². The number of morpholine rings is 1. The van der Waals surface area contributed by atoms with Gasteiger partial charge in [0.15, 0.2) is 0 Å². The predicted octanol–water partition coefficient (Wildman–Crippen LogP) is -2.19. The van der Waals surface area contributed by atoms with Gasteiger partial charge in [-0.25, -0.2) is 4.79 Å². The summed E-state index contributed by atoms with van der Waals surface area (Å²) in [5.41, 5.74) is 4.94. The maximum absolute atomic E-state index is 11.7. The van der Waals surface area contributed by atoms with Gasteiger partial charge in [0.05, 0.1) is 6.61 Å². The number of carboxylic acids is 1. The van der Waals surface area contributed by atoms with Crippen molar-refractivity contribution in [3.05, 3.63) is 0 Å². The predicted molar refractivity (Wildman–Crippen MR) is 60.6 cm³/mol. The molecule has 0 aliphatic carbocycles. The zero-order chi connectivity index (χ0) is 13.5. The van der Waals surface area contributed by atoms with Crippen molar-refractivity contribution in [3.63, 3.8) is 0 Å². The van der Waals surface area contributed by atoms with Crippen LogP contribution in [0.4, 0.5) is 0 Å². The Kier molecular flexibility index (Phi) is 5.53. The van der Waals surface area contributed by atoms with Crippen LogP contribution in [0.25, 0.3) is 0 Å². The number of ether oxygens (including phenoxy) is 1. The molecule has 1 aliphatic heterocycles. The van der Waals surface area contributed by atoms with Gasteiger partial charge in [-0.1, -0.05) is 0 Å². The summed E-state index contributed by atoms with van der Waals surface area (Å²) in [6, 6.07) is -1.13. The molecule has 0 aromatic rings. The number of aliphatic carboxylic acids is 1. The molecule has 1 fully saturated rings. The van der Waals surface area contributed by atoms with Gasteiger partial charge in [0.1, 0.15) is 12.1 Å². The molecule has 1 unspecified atom stereocenters. The van der Waals surface area contributed by atoms with Crippen molar-refractivity contribution in [1.82, 2.24) is 10.6 Å². The molecule has 0 aromatic carbocycles. The molecule has 8 heteroatoms. The summed E-state index contributed by atoms with van der Waals surface area (Å²) in [7, 11) is 0. The molecule has 102 valence electrons. The lowest BCUT2D eigenvalue weighted by Crippen LogP contribution is -2.52. The fourth-order valence-corrected chi connectivity index (χ4v) is 1.54. The van der Waals surface area contributed by atoms with Crippen LogP contribution in [0.2, 0.25) is 0 Å². The molecule has 5 N–H and O–H groups in total. The Labute approximate surface area is 104 Å². The van der Waals surface area contributed by atoms with Crippen LogP contribution >= 0.6 is 0 Å². The first-order valence-electron chi connectivity index (χ1n) is 5.64. The third kappa shape index (κ3) is 4.68. The molecule has 1 aliphatic rings. The number of rotatable bonds is 6. The highest BCUT2D eigenvalue weighted by atomic mass is 16.5. The third-order valence-corrected chi connectivity index (χ3v) is 2.51. The van der Waals surface area contributed by atoms with E-state index in [4.69, 9.17) is 15.6 Å². The quantitative estimate of drug-likeness (QED) is 0.428. The average molecular weight is 259 g/mol. The van der Waals surface area contributed by atoms with E-state index in [0.29, 0.717) is 19.7 Å². The van der Waals surface area contributed by atoms with Crippen molar-refractivity contribution in [3.8, 4) is 0 Å². The minimum absolute atomic E-state index is 0.0312. The van der Waals surface area contributed by atoms with Crippen molar-refractivity contribution in [1.29, 1.82) is 0 Å². The van der Waals surface area contributed by atoms with Crippen LogP contribution in [-0.4, -0.2) is 54.7 Å². The van der Waals surface area contributed by atoms with Gasteiger partial charge in [0.2, 0.25) is 5.91 Å². The number of amides is 2. The van der Waals surface area contributed by atoms with E-state index in [9.17, 15) is 14.4 Å². The van der Waals surface area contributed by atoms with E-state index < -0.39 is 29.9 Å². The second-order valence-electron chi connectivity index (χ2n) is 3.97. The Morgan fingerprint density at radius 3 is 2.72 bits per heavy atom. The smallest absolute Gasteiger partial charge is 0.326 e. The Bertz CT molecular complexity index is 327. The number of hydrogen-bond donors (Lipinski definition) is 4. The van der Waals surface area contributed by atoms with Gasteiger partial charge >= 0.3 is 5.97 Å². The minimum Gasteiger partial charge on any atom is -0.480 e. The summed E-state index contributed by atoms with van der Waals surface area (Å²) in [6.07, 6.45) is -0.827. The van der Waals surface area contributed by atoms with Crippen LogP contribution in [0.1, 0.15) is 12.8 Å². The van der Waals surface area contributed by atoms with E-state index in [1.54, 1.807) is 0 Å². The molecule has 0 spiro atoms. The summed E-state index contributed by atoms with van der Waals surface area (Å²) < 4.78 is 5.19. The molecule has 1 rings (SSSR count). The maximum atomic E-state index is 11.7. The van der Waals surface area contributed by atoms with Gasteiger partial charge in [-0.15, -0.1) is 0 Å². The van der Waals surface area contributed by atoms with Gasteiger partial charge in [0, 0.05) is 19.5 Å². The lowest BCUT2D eigenvalue weighted by atomic mass is 10.1. The molecule has 1 heterocycles. The standard InChI is InChI=1S/C10H17N3O5/c11-8(14)2-1-6(10(16)17)13-9(15)7-5-12-3-4-18-7/h6-7,12H,1-5H2,(H2,11,14)(H,13,15)(H,16,17)/t6-,7?/m1/s1. The number of nitrogens with one attached hydrogen (secondary N) is 2. The van der Waals surface area contributed by atoms with E-state index in [2.05, 4.69) is 10.6 Å². The minimum atomic E-state index is -1.20. The van der Waals surface area contributed by atoms with E-state index >= 15 is 0 Å². The maximum Gasteiger partial charge on any atom is 0.326 e. The Hall–Kier alpha value is -1.67. The normalized spacial score (nSPS) is 21.0. The number of carbonyl (C=O) groups is 3. The highest BCUT2D eigenvalue weighted by Crippen LogP contribution is 2.01. The molecule has 0 saturated carbocycles. The third-order valence-electron chi connectivity index (χ3n) is 2.51. The summed E-state index contributed by atoms with van der Waals surface area (Å²) in [5.74, 6) is -2.31. The molecule has 2 amide bonds. The van der Waals surface area contributed by atoms with E-state index in [1.165, 1.54) is 0 Å². The number of carbonyl (C=O) groups excluding carboxylic acids is 2. The summed E-state index contributed by atoms with van der Waals surface area (Å²) in [6.45, 7) is 1.40. The van der Waals surface area contributed by atoms with Crippen molar-refractivity contribution >= 4 is 17.8 Å². The monoisotopic (exact) mass is 259 g/mol. The fraction of sp³-hybridized carbons (Fsp3) is 0.700. The van der Waals surface area contributed by atoms with Gasteiger partial charge in [0.25, 0.3) is 5.91 Å². The molecule has 1 saturated heterocycles. The fourth-order valence-electron chi connectivity index (χ4n) is 1.54. The Morgan fingerprint density at radius 2 is 2.22 bits per heavy atom. The lowest BCUT2D eigenvalue weighted by Gasteiger charge is -2.24. The lowest BCUT2D eigenvalue weighted by molar-refractivity contribution is -0.145. The summed E-state index contributed by atoms with van der Waals surface area (Å²) in [5, 5.41) is 14.2. The van der Waals surface area contributed by atoms with E-state index in [1.807, 2.05) is 0 Å². The number of primary amides is 1. The van der Waals surface area contributed by atoms with Gasteiger partial charge in [-0.3, -0.25) is 9.59 Å². The summed E-state index contributed by atoms with van der Waals surface area (Å²) >= 11 is 0. The van der Waals surface area contributed by atoms with Crippen molar-refractivity contribution in [2.75, 3.05) is 19.7 Å². The molecular formula is C10H17N3O5. The molecule has 0 bridgehead atoms. The van der Waals surface area contributed by atoms with Crippen LogP contribution in [0.3, 0.4) is 0 Å². The summed E-state index contributed by atoms with van der Waals surface area (Å²) in [4.78, 5) is 33.2. The number of nitrogens with two attached hydrogens (primary N) is 1. The Morgan fingerprint density at radius 1 is 1.50 bits per heavy atom. The van der Waals surface area contributed by atoms with Crippen molar-refractivity contribution in [2.24, 2.45) is 5.73 Å². The first kappa shape index (κ1) is 14.4. The largest absolute Gasteiger partial charge is 0.480 e. The molecule has 2 atom stereocenters. The van der Waals surface area contributed by atoms with Crippen molar-refractivity contribution < 1.29 is 24.2 Å². The zero-order valence-corrected chi connectivity index (χ0v) is 9.85. The van der Waals surface area contributed by atoms with E-state index in [0.717, 1.165) is 0 Å². The second-order valence-corrected chi connectivity index (χ2v) is 3.97. The highest BCUT2D eigenvalue weighted by molar-refractivity contribution is 5.87. The highest BCUT2D eigenvalue weighted by Gasteiger charge is 2.27. The first-order chi connectivity index (χ1) is 8.50.